The van der Waals surface area contributed by atoms with Crippen molar-refractivity contribution >= 4 is 21.9 Å². The van der Waals surface area contributed by atoms with Gasteiger partial charge in [-0.05, 0) is 44.9 Å². The molecule has 1 aromatic rings. The van der Waals surface area contributed by atoms with Gasteiger partial charge in [-0.1, -0.05) is 28.1 Å². The lowest BCUT2D eigenvalue weighted by molar-refractivity contribution is -0.156. The van der Waals surface area contributed by atoms with Crippen LogP contribution >= 0.6 is 15.9 Å². The van der Waals surface area contributed by atoms with Crippen molar-refractivity contribution in [3.63, 3.8) is 0 Å². The van der Waals surface area contributed by atoms with E-state index < -0.39 is 17.6 Å². The topological polar surface area (TPSA) is 52.3 Å². The van der Waals surface area contributed by atoms with E-state index in [1.807, 2.05) is 45.9 Å². The Kier molecular flexibility index (Phi) is 4.33. The van der Waals surface area contributed by atoms with E-state index in [0.717, 1.165) is 15.6 Å². The van der Waals surface area contributed by atoms with Crippen LogP contribution in [0.4, 0.5) is 0 Å². The highest BCUT2D eigenvalue weighted by molar-refractivity contribution is 9.10. The maximum atomic E-state index is 11.9. The molecule has 1 rings (SSSR count). The Bertz CT molecular complexity index is 424. The van der Waals surface area contributed by atoms with Crippen LogP contribution in [0.3, 0.4) is 0 Å². The summed E-state index contributed by atoms with van der Waals surface area (Å²) >= 11 is 3.42. The first kappa shape index (κ1) is 14.2. The minimum atomic E-state index is -0.744. The van der Waals surface area contributed by atoms with Crippen LogP contribution in [0, 0.1) is 6.92 Å². The van der Waals surface area contributed by atoms with Gasteiger partial charge in [0.15, 0.2) is 0 Å². The van der Waals surface area contributed by atoms with Crippen molar-refractivity contribution in [1.82, 2.24) is 0 Å². The van der Waals surface area contributed by atoms with Crippen LogP contribution in [0.15, 0.2) is 22.7 Å². The van der Waals surface area contributed by atoms with E-state index in [-0.39, 0.29) is 0 Å². The molecule has 0 amide bonds. The molecule has 0 aliphatic carbocycles. The number of hydrogen-bond donors (Lipinski definition) is 1. The third kappa shape index (κ3) is 3.82. The number of rotatable bonds is 2. The lowest BCUT2D eigenvalue weighted by Crippen LogP contribution is -2.32. The second kappa shape index (κ2) is 5.19. The van der Waals surface area contributed by atoms with Crippen molar-refractivity contribution in [3.05, 3.63) is 33.8 Å². The number of esters is 1. The van der Waals surface area contributed by atoms with Crippen LogP contribution in [-0.4, -0.2) is 11.6 Å². The first-order valence-corrected chi connectivity index (χ1v) is 6.25. The molecule has 94 valence electrons. The molecule has 0 spiro atoms. The standard InChI is InChI=1S/C13H18BrNO2/c1-8-9(6-5-7-10(8)14)11(15)12(16)17-13(2,3)4/h5-7,11H,15H2,1-4H3. The Morgan fingerprint density at radius 1 is 1.41 bits per heavy atom. The fourth-order valence-corrected chi connectivity index (χ4v) is 1.83. The highest BCUT2D eigenvalue weighted by Gasteiger charge is 2.24. The van der Waals surface area contributed by atoms with Crippen LogP contribution in [0.2, 0.25) is 0 Å². The number of carbonyl (C=O) groups is 1. The minimum Gasteiger partial charge on any atom is -0.459 e. The van der Waals surface area contributed by atoms with Crippen molar-refractivity contribution in [2.45, 2.75) is 39.3 Å². The molecule has 1 aromatic carbocycles. The van der Waals surface area contributed by atoms with E-state index in [1.165, 1.54) is 0 Å². The zero-order chi connectivity index (χ0) is 13.2. The van der Waals surface area contributed by atoms with E-state index in [0.29, 0.717) is 0 Å². The van der Waals surface area contributed by atoms with Crippen LogP contribution < -0.4 is 5.73 Å². The summed E-state index contributed by atoms with van der Waals surface area (Å²) in [7, 11) is 0. The normalized spacial score (nSPS) is 13.3. The van der Waals surface area contributed by atoms with Gasteiger partial charge in [0, 0.05) is 4.47 Å². The summed E-state index contributed by atoms with van der Waals surface area (Å²) in [5, 5.41) is 0. The molecule has 0 heterocycles. The number of benzene rings is 1. The van der Waals surface area contributed by atoms with Gasteiger partial charge in [-0.15, -0.1) is 0 Å². The van der Waals surface area contributed by atoms with E-state index in [9.17, 15) is 4.79 Å². The molecule has 1 atom stereocenters. The second-order valence-corrected chi connectivity index (χ2v) is 5.82. The van der Waals surface area contributed by atoms with E-state index >= 15 is 0 Å². The zero-order valence-corrected chi connectivity index (χ0v) is 12.2. The van der Waals surface area contributed by atoms with Crippen molar-refractivity contribution in [2.75, 3.05) is 0 Å². The SMILES string of the molecule is Cc1c(Br)cccc1C(N)C(=O)OC(C)(C)C. The molecule has 1 unspecified atom stereocenters. The number of halogens is 1. The lowest BCUT2D eigenvalue weighted by atomic mass is 10.0. The molecule has 17 heavy (non-hydrogen) atoms. The van der Waals surface area contributed by atoms with Gasteiger partial charge in [-0.25, -0.2) is 4.79 Å². The maximum absolute atomic E-state index is 11.9. The summed E-state index contributed by atoms with van der Waals surface area (Å²) in [6.45, 7) is 7.39. The fourth-order valence-electron chi connectivity index (χ4n) is 1.45. The molecule has 0 aliphatic heterocycles. The molecular weight excluding hydrogens is 282 g/mol. The number of ether oxygens (including phenoxy) is 1. The van der Waals surface area contributed by atoms with Crippen molar-refractivity contribution in [2.24, 2.45) is 5.73 Å². The van der Waals surface area contributed by atoms with Crippen LogP contribution in [0.25, 0.3) is 0 Å². The second-order valence-electron chi connectivity index (χ2n) is 4.97. The summed E-state index contributed by atoms with van der Waals surface area (Å²) in [4.78, 5) is 11.9. The van der Waals surface area contributed by atoms with Gasteiger partial charge in [-0.2, -0.15) is 0 Å². The molecule has 0 fully saturated rings. The predicted octanol–water partition coefficient (Wildman–Crippen LogP) is 3.10. The molecule has 0 saturated heterocycles. The fraction of sp³-hybridized carbons (Fsp3) is 0.462. The molecule has 4 heteroatoms. The number of carbonyl (C=O) groups excluding carboxylic acids is 1. The third-order valence-electron chi connectivity index (χ3n) is 2.31. The van der Waals surface area contributed by atoms with Crippen molar-refractivity contribution in [1.29, 1.82) is 0 Å². The van der Waals surface area contributed by atoms with Gasteiger partial charge in [0.2, 0.25) is 0 Å². The van der Waals surface area contributed by atoms with Gasteiger partial charge in [0.05, 0.1) is 0 Å². The number of nitrogens with two attached hydrogens (primary N) is 1. The first-order valence-electron chi connectivity index (χ1n) is 5.46. The summed E-state index contributed by atoms with van der Waals surface area (Å²) in [6, 6.07) is 4.87. The zero-order valence-electron chi connectivity index (χ0n) is 10.6. The lowest BCUT2D eigenvalue weighted by Gasteiger charge is -2.23. The molecule has 0 aliphatic rings. The summed E-state index contributed by atoms with van der Waals surface area (Å²) in [5.41, 5.74) is 7.15. The monoisotopic (exact) mass is 299 g/mol. The molecule has 2 N–H and O–H groups in total. The highest BCUT2D eigenvalue weighted by atomic mass is 79.9. The van der Waals surface area contributed by atoms with Crippen LogP contribution in [0.1, 0.15) is 37.9 Å². The Hall–Kier alpha value is -0.870. The Labute approximate surface area is 110 Å². The predicted molar refractivity (Wildman–Crippen MR) is 71.7 cm³/mol. The minimum absolute atomic E-state index is 0.404. The quantitative estimate of drug-likeness (QED) is 0.854. The van der Waals surface area contributed by atoms with Crippen molar-refractivity contribution < 1.29 is 9.53 Å². The number of hydrogen-bond acceptors (Lipinski definition) is 3. The van der Waals surface area contributed by atoms with Crippen molar-refractivity contribution in [3.8, 4) is 0 Å². The molecule has 3 nitrogen and oxygen atoms in total. The van der Waals surface area contributed by atoms with E-state index in [2.05, 4.69) is 15.9 Å². The maximum Gasteiger partial charge on any atom is 0.328 e. The van der Waals surface area contributed by atoms with E-state index in [4.69, 9.17) is 10.5 Å². The average Bonchev–Trinajstić information content (AvgIpc) is 2.18. The average molecular weight is 300 g/mol. The third-order valence-corrected chi connectivity index (χ3v) is 3.16. The largest absolute Gasteiger partial charge is 0.459 e. The Balaban J connectivity index is 2.93. The molecular formula is C13H18BrNO2. The molecule has 0 bridgehead atoms. The molecule has 0 aromatic heterocycles. The van der Waals surface area contributed by atoms with Gasteiger partial charge in [0.1, 0.15) is 11.6 Å². The Morgan fingerprint density at radius 3 is 2.53 bits per heavy atom. The molecule has 0 saturated carbocycles. The highest BCUT2D eigenvalue weighted by Crippen LogP contribution is 2.25. The van der Waals surface area contributed by atoms with Crippen LogP contribution in [-0.2, 0) is 9.53 Å². The van der Waals surface area contributed by atoms with E-state index in [1.54, 1.807) is 0 Å². The van der Waals surface area contributed by atoms with Gasteiger partial charge in [0.25, 0.3) is 0 Å². The first-order chi connectivity index (χ1) is 7.72. The van der Waals surface area contributed by atoms with Gasteiger partial charge in [-0.3, -0.25) is 0 Å². The van der Waals surface area contributed by atoms with Crippen LogP contribution in [0.5, 0.6) is 0 Å². The molecule has 0 radical (unpaired) electrons. The summed E-state index contributed by atoms with van der Waals surface area (Å²) in [6.07, 6.45) is 0. The van der Waals surface area contributed by atoms with Gasteiger partial charge < -0.3 is 10.5 Å². The smallest absolute Gasteiger partial charge is 0.328 e. The van der Waals surface area contributed by atoms with Gasteiger partial charge >= 0.3 is 5.97 Å². The summed E-state index contributed by atoms with van der Waals surface area (Å²) < 4.78 is 6.21. The Morgan fingerprint density at radius 2 is 2.00 bits per heavy atom. The summed E-state index contributed by atoms with van der Waals surface area (Å²) in [5.74, 6) is -0.404.